The summed E-state index contributed by atoms with van der Waals surface area (Å²) in [5, 5.41) is 0. The summed E-state index contributed by atoms with van der Waals surface area (Å²) < 4.78 is 35.6. The standard InChI is InChI=1S/C9H18F3NS/c1-7(2)8(3,6-13)4-5-14-9(10,11)12/h7H,4-6,13H2,1-3H3. The predicted molar refractivity (Wildman–Crippen MR) is 55.1 cm³/mol. The van der Waals surface area contributed by atoms with Gasteiger partial charge in [-0.15, -0.1) is 0 Å². The van der Waals surface area contributed by atoms with Crippen molar-refractivity contribution in [3.8, 4) is 0 Å². The molecule has 0 rings (SSSR count). The number of hydrogen-bond acceptors (Lipinski definition) is 2. The molecule has 0 aliphatic rings. The van der Waals surface area contributed by atoms with Crippen molar-refractivity contribution in [3.63, 3.8) is 0 Å². The van der Waals surface area contributed by atoms with Crippen LogP contribution in [-0.4, -0.2) is 17.8 Å². The molecule has 0 amide bonds. The monoisotopic (exact) mass is 229 g/mol. The second-order valence-corrected chi connectivity index (χ2v) is 5.22. The first-order chi connectivity index (χ1) is 6.21. The molecule has 0 bridgehead atoms. The van der Waals surface area contributed by atoms with Crippen LogP contribution in [0.5, 0.6) is 0 Å². The van der Waals surface area contributed by atoms with Gasteiger partial charge in [0.05, 0.1) is 0 Å². The van der Waals surface area contributed by atoms with Crippen molar-refractivity contribution in [3.05, 3.63) is 0 Å². The van der Waals surface area contributed by atoms with E-state index in [9.17, 15) is 13.2 Å². The maximum Gasteiger partial charge on any atom is 0.441 e. The topological polar surface area (TPSA) is 26.0 Å². The molecule has 5 heteroatoms. The van der Waals surface area contributed by atoms with Gasteiger partial charge in [-0.05, 0) is 24.3 Å². The summed E-state index contributed by atoms with van der Waals surface area (Å²) in [5.41, 5.74) is 1.27. The molecule has 2 N–H and O–H groups in total. The van der Waals surface area contributed by atoms with Crippen LogP contribution in [0.3, 0.4) is 0 Å². The van der Waals surface area contributed by atoms with E-state index in [0.717, 1.165) is 0 Å². The zero-order valence-corrected chi connectivity index (χ0v) is 9.63. The third-order valence-electron chi connectivity index (χ3n) is 2.80. The molecule has 1 nitrogen and oxygen atoms in total. The fraction of sp³-hybridized carbons (Fsp3) is 1.00. The molecule has 14 heavy (non-hydrogen) atoms. The minimum Gasteiger partial charge on any atom is -0.330 e. The van der Waals surface area contributed by atoms with E-state index >= 15 is 0 Å². The maximum absolute atomic E-state index is 11.9. The molecule has 0 aliphatic carbocycles. The molecule has 0 heterocycles. The highest BCUT2D eigenvalue weighted by molar-refractivity contribution is 8.00. The summed E-state index contributed by atoms with van der Waals surface area (Å²) in [4.78, 5) is 0. The van der Waals surface area contributed by atoms with E-state index in [0.29, 0.717) is 18.9 Å². The number of hydrogen-bond donors (Lipinski definition) is 1. The molecule has 1 atom stereocenters. The average Bonchev–Trinajstić information content (AvgIpc) is 2.01. The molecule has 86 valence electrons. The fourth-order valence-corrected chi connectivity index (χ4v) is 1.83. The number of nitrogens with two attached hydrogens (primary N) is 1. The summed E-state index contributed by atoms with van der Waals surface area (Å²) in [6, 6.07) is 0. The molecular formula is C9H18F3NS. The lowest BCUT2D eigenvalue weighted by Gasteiger charge is -2.32. The Labute approximate surface area is 87.6 Å². The molecule has 0 aromatic carbocycles. The number of alkyl halides is 3. The van der Waals surface area contributed by atoms with Crippen molar-refractivity contribution >= 4 is 11.8 Å². The number of rotatable bonds is 5. The largest absolute Gasteiger partial charge is 0.441 e. The highest BCUT2D eigenvalue weighted by Crippen LogP contribution is 2.36. The van der Waals surface area contributed by atoms with E-state index in [-0.39, 0.29) is 22.9 Å². The van der Waals surface area contributed by atoms with Crippen molar-refractivity contribution in [1.29, 1.82) is 0 Å². The Kier molecular flexibility index (Phi) is 5.30. The van der Waals surface area contributed by atoms with Gasteiger partial charge in [-0.2, -0.15) is 13.2 Å². The maximum atomic E-state index is 11.9. The first kappa shape index (κ1) is 14.1. The van der Waals surface area contributed by atoms with E-state index in [1.54, 1.807) is 0 Å². The van der Waals surface area contributed by atoms with Gasteiger partial charge in [-0.3, -0.25) is 0 Å². The van der Waals surface area contributed by atoms with Gasteiger partial charge < -0.3 is 5.73 Å². The van der Waals surface area contributed by atoms with Crippen LogP contribution < -0.4 is 5.73 Å². The van der Waals surface area contributed by atoms with E-state index in [1.165, 1.54) is 0 Å². The Bertz CT molecular complexity index is 170. The lowest BCUT2D eigenvalue weighted by Crippen LogP contribution is -2.33. The van der Waals surface area contributed by atoms with Crippen molar-refractivity contribution in [2.75, 3.05) is 12.3 Å². The highest BCUT2D eigenvalue weighted by atomic mass is 32.2. The molecule has 0 saturated heterocycles. The van der Waals surface area contributed by atoms with Crippen LogP contribution in [0.4, 0.5) is 13.2 Å². The van der Waals surface area contributed by atoms with Crippen LogP contribution in [0.15, 0.2) is 0 Å². The smallest absolute Gasteiger partial charge is 0.330 e. The van der Waals surface area contributed by atoms with Gasteiger partial charge >= 0.3 is 5.51 Å². The lowest BCUT2D eigenvalue weighted by atomic mass is 9.77. The Morgan fingerprint density at radius 3 is 2.07 bits per heavy atom. The van der Waals surface area contributed by atoms with Crippen LogP contribution in [0.1, 0.15) is 27.2 Å². The average molecular weight is 229 g/mol. The van der Waals surface area contributed by atoms with Gasteiger partial charge in [0.15, 0.2) is 0 Å². The Morgan fingerprint density at radius 1 is 1.29 bits per heavy atom. The van der Waals surface area contributed by atoms with Gasteiger partial charge in [0, 0.05) is 5.75 Å². The zero-order chi connectivity index (χ0) is 11.4. The fourth-order valence-electron chi connectivity index (χ4n) is 1.03. The molecule has 0 aromatic heterocycles. The first-order valence-corrected chi connectivity index (χ1v) is 5.60. The predicted octanol–water partition coefficient (Wildman–Crippen LogP) is 3.25. The van der Waals surface area contributed by atoms with Crippen molar-refractivity contribution in [1.82, 2.24) is 0 Å². The Hall–Kier alpha value is 0.100. The Morgan fingerprint density at radius 2 is 1.79 bits per heavy atom. The van der Waals surface area contributed by atoms with Gasteiger partial charge in [-0.25, -0.2) is 0 Å². The second-order valence-electron chi connectivity index (χ2n) is 4.06. The zero-order valence-electron chi connectivity index (χ0n) is 8.82. The molecule has 0 saturated carbocycles. The van der Waals surface area contributed by atoms with Crippen LogP contribution in [0, 0.1) is 11.3 Å². The molecule has 0 spiro atoms. The van der Waals surface area contributed by atoms with Gasteiger partial charge in [0.1, 0.15) is 0 Å². The molecule has 1 unspecified atom stereocenters. The van der Waals surface area contributed by atoms with Crippen molar-refractivity contribution in [2.24, 2.45) is 17.1 Å². The van der Waals surface area contributed by atoms with Crippen molar-refractivity contribution < 1.29 is 13.2 Å². The third-order valence-corrected chi connectivity index (χ3v) is 3.53. The van der Waals surface area contributed by atoms with Crippen LogP contribution in [0.2, 0.25) is 0 Å². The van der Waals surface area contributed by atoms with Gasteiger partial charge in [0.2, 0.25) is 0 Å². The van der Waals surface area contributed by atoms with E-state index in [4.69, 9.17) is 5.73 Å². The normalized spacial score (nSPS) is 17.1. The molecule has 0 aliphatic heterocycles. The number of halogens is 3. The van der Waals surface area contributed by atoms with Gasteiger partial charge in [-0.1, -0.05) is 32.5 Å². The van der Waals surface area contributed by atoms with Crippen LogP contribution >= 0.6 is 11.8 Å². The Balaban J connectivity index is 3.97. The lowest BCUT2D eigenvalue weighted by molar-refractivity contribution is -0.0329. The molecule has 0 radical (unpaired) electrons. The summed E-state index contributed by atoms with van der Waals surface area (Å²) >= 11 is 0.0377. The SMILES string of the molecule is CC(C)C(C)(CN)CCSC(F)(F)F. The van der Waals surface area contributed by atoms with Crippen LogP contribution in [-0.2, 0) is 0 Å². The summed E-state index contributed by atoms with van der Waals surface area (Å²) in [6.07, 6.45) is 0.505. The van der Waals surface area contributed by atoms with Crippen LogP contribution in [0.25, 0.3) is 0 Å². The van der Waals surface area contributed by atoms with E-state index < -0.39 is 5.51 Å². The summed E-state index contributed by atoms with van der Waals surface area (Å²) in [7, 11) is 0. The highest BCUT2D eigenvalue weighted by Gasteiger charge is 2.31. The summed E-state index contributed by atoms with van der Waals surface area (Å²) in [6.45, 7) is 6.36. The third kappa shape index (κ3) is 5.10. The molecular weight excluding hydrogens is 211 g/mol. The van der Waals surface area contributed by atoms with E-state index in [2.05, 4.69) is 0 Å². The minimum absolute atomic E-state index is 0.0377. The summed E-state index contributed by atoms with van der Waals surface area (Å²) in [5.74, 6) is 0.399. The van der Waals surface area contributed by atoms with Crippen molar-refractivity contribution in [2.45, 2.75) is 32.7 Å². The minimum atomic E-state index is -4.12. The molecule has 0 aromatic rings. The second kappa shape index (κ2) is 5.26. The first-order valence-electron chi connectivity index (χ1n) is 4.62. The quantitative estimate of drug-likeness (QED) is 0.783. The van der Waals surface area contributed by atoms with E-state index in [1.807, 2.05) is 20.8 Å². The molecule has 0 fully saturated rings. The van der Waals surface area contributed by atoms with Gasteiger partial charge in [0.25, 0.3) is 0 Å². The number of thioether (sulfide) groups is 1.